The minimum atomic E-state index is -3.59. The summed E-state index contributed by atoms with van der Waals surface area (Å²) >= 11 is 0. The highest BCUT2D eigenvalue weighted by molar-refractivity contribution is 7.89. The van der Waals surface area contributed by atoms with Gasteiger partial charge < -0.3 is 5.73 Å². The molecule has 3 N–H and O–H groups in total. The number of anilines is 1. The van der Waals surface area contributed by atoms with E-state index in [0.717, 1.165) is 30.4 Å². The van der Waals surface area contributed by atoms with E-state index in [4.69, 9.17) is 5.73 Å². The summed E-state index contributed by atoms with van der Waals surface area (Å²) in [5.74, 6) is 0.698. The van der Waals surface area contributed by atoms with Crippen LogP contribution >= 0.6 is 0 Å². The Morgan fingerprint density at radius 2 is 1.96 bits per heavy atom. The molecule has 3 saturated carbocycles. The third-order valence-corrected chi connectivity index (χ3v) is 7.32. The van der Waals surface area contributed by atoms with Crippen molar-refractivity contribution in [2.24, 2.45) is 5.41 Å². The maximum Gasteiger partial charge on any atom is 0.241 e. The topological polar surface area (TPSA) is 115 Å². The number of hydrogen-bond acceptors (Lipinski definition) is 6. The molecule has 0 unspecified atom stereocenters. The van der Waals surface area contributed by atoms with E-state index in [1.165, 1.54) is 6.33 Å². The molecular formula is C18H20N6O2S. The van der Waals surface area contributed by atoms with Crippen LogP contribution in [0.1, 0.15) is 31.7 Å². The fraction of sp³-hybridized carbons (Fsp3) is 0.389. The molecule has 9 heteroatoms. The van der Waals surface area contributed by atoms with E-state index in [0.29, 0.717) is 16.9 Å². The minimum absolute atomic E-state index is 0.244. The normalized spacial score (nSPS) is 26.6. The van der Waals surface area contributed by atoms with E-state index < -0.39 is 10.0 Å². The molecule has 0 saturated heterocycles. The molecule has 27 heavy (non-hydrogen) atoms. The molecule has 0 amide bonds. The molecule has 2 bridgehead atoms. The molecule has 0 aliphatic heterocycles. The highest BCUT2D eigenvalue weighted by Crippen LogP contribution is 2.67. The number of nitrogens with two attached hydrogens (primary N) is 1. The predicted octanol–water partition coefficient (Wildman–Crippen LogP) is 1.90. The zero-order valence-corrected chi connectivity index (χ0v) is 15.9. The standard InChI is InChI=1S/C18H20N6O2S/c1-11-3-4-12(27(25,26)23-18-7-17(2,8-18)9-18)5-13(11)14-6-24-15(19)20-10-21-16(24)22-14/h3-6,10,23H,7-9H2,1-2H3,(H2,19,20,21,22). The SMILES string of the molecule is Cc1ccc(S(=O)(=O)NC23CC(C)(C2)C3)cc1-c1cn2c(N)ncnc2n1. The van der Waals surface area contributed by atoms with Gasteiger partial charge in [0.25, 0.3) is 0 Å². The number of nitrogens with one attached hydrogen (secondary N) is 1. The number of rotatable bonds is 4. The van der Waals surface area contributed by atoms with Crippen molar-refractivity contribution in [1.29, 1.82) is 0 Å². The average molecular weight is 384 g/mol. The van der Waals surface area contributed by atoms with Crippen molar-refractivity contribution < 1.29 is 8.42 Å². The van der Waals surface area contributed by atoms with Crippen molar-refractivity contribution in [3.63, 3.8) is 0 Å². The van der Waals surface area contributed by atoms with Gasteiger partial charge in [0, 0.05) is 17.3 Å². The summed E-state index contributed by atoms with van der Waals surface area (Å²) in [5, 5.41) is 0. The Kier molecular flexibility index (Phi) is 3.11. The van der Waals surface area contributed by atoms with Crippen LogP contribution in [0.15, 0.2) is 35.6 Å². The van der Waals surface area contributed by atoms with Gasteiger partial charge in [-0.1, -0.05) is 13.0 Å². The van der Waals surface area contributed by atoms with E-state index in [1.54, 1.807) is 28.8 Å². The van der Waals surface area contributed by atoms with Gasteiger partial charge in [-0.3, -0.25) is 4.40 Å². The molecule has 3 aromatic rings. The number of sulfonamides is 1. The summed E-state index contributed by atoms with van der Waals surface area (Å²) in [5.41, 5.74) is 8.20. The quantitative estimate of drug-likeness (QED) is 0.710. The average Bonchev–Trinajstić information content (AvgIpc) is 2.98. The van der Waals surface area contributed by atoms with Crippen LogP contribution < -0.4 is 10.5 Å². The van der Waals surface area contributed by atoms with Gasteiger partial charge in [-0.2, -0.15) is 0 Å². The van der Waals surface area contributed by atoms with Crippen LogP contribution in [0.2, 0.25) is 0 Å². The fourth-order valence-corrected chi connectivity index (χ4v) is 6.18. The first kappa shape index (κ1) is 16.6. The van der Waals surface area contributed by atoms with Gasteiger partial charge >= 0.3 is 0 Å². The van der Waals surface area contributed by atoms with Gasteiger partial charge in [0.15, 0.2) is 0 Å². The van der Waals surface area contributed by atoms with E-state index in [1.807, 2.05) is 6.92 Å². The van der Waals surface area contributed by atoms with Gasteiger partial charge in [0.1, 0.15) is 6.33 Å². The Morgan fingerprint density at radius 3 is 2.63 bits per heavy atom. The molecule has 0 spiro atoms. The molecular weight excluding hydrogens is 364 g/mol. The molecule has 3 aliphatic rings. The highest BCUT2D eigenvalue weighted by atomic mass is 32.2. The minimum Gasteiger partial charge on any atom is -0.369 e. The van der Waals surface area contributed by atoms with Crippen molar-refractivity contribution >= 4 is 21.7 Å². The van der Waals surface area contributed by atoms with E-state index in [2.05, 4.69) is 26.6 Å². The number of fused-ring (bicyclic) bond motifs is 1. The molecule has 2 heterocycles. The first-order valence-corrected chi connectivity index (χ1v) is 10.3. The Bertz CT molecular complexity index is 1180. The van der Waals surface area contributed by atoms with Crippen molar-refractivity contribution in [2.45, 2.75) is 43.5 Å². The summed E-state index contributed by atoms with van der Waals surface area (Å²) in [7, 11) is -3.59. The summed E-state index contributed by atoms with van der Waals surface area (Å²) in [6, 6.07) is 5.10. The summed E-state index contributed by atoms with van der Waals surface area (Å²) in [6.07, 6.45) is 5.83. The Morgan fingerprint density at radius 1 is 1.22 bits per heavy atom. The first-order chi connectivity index (χ1) is 12.7. The maximum atomic E-state index is 12.9. The van der Waals surface area contributed by atoms with E-state index in [-0.39, 0.29) is 16.4 Å². The molecule has 0 radical (unpaired) electrons. The van der Waals surface area contributed by atoms with Crippen LogP contribution in [0.4, 0.5) is 5.95 Å². The van der Waals surface area contributed by atoms with Crippen molar-refractivity contribution in [3.05, 3.63) is 36.3 Å². The molecule has 2 aromatic heterocycles. The fourth-order valence-electron chi connectivity index (χ4n) is 4.75. The Labute approximate surface area is 156 Å². The number of hydrogen-bond donors (Lipinski definition) is 2. The second-order valence-electron chi connectivity index (χ2n) is 8.23. The zero-order chi connectivity index (χ0) is 19.0. The van der Waals surface area contributed by atoms with Gasteiger partial charge in [-0.25, -0.2) is 28.1 Å². The van der Waals surface area contributed by atoms with Crippen molar-refractivity contribution in [3.8, 4) is 11.3 Å². The van der Waals surface area contributed by atoms with Crippen LogP contribution in [0.3, 0.4) is 0 Å². The molecule has 140 valence electrons. The van der Waals surface area contributed by atoms with Gasteiger partial charge in [0.05, 0.1) is 10.6 Å². The van der Waals surface area contributed by atoms with Gasteiger partial charge in [0.2, 0.25) is 21.7 Å². The zero-order valence-electron chi connectivity index (χ0n) is 15.1. The number of nitrogen functional groups attached to an aromatic ring is 1. The smallest absolute Gasteiger partial charge is 0.241 e. The van der Waals surface area contributed by atoms with Crippen molar-refractivity contribution in [1.82, 2.24) is 24.1 Å². The number of benzene rings is 1. The third kappa shape index (κ3) is 2.45. The van der Waals surface area contributed by atoms with Crippen LogP contribution in [-0.4, -0.2) is 33.3 Å². The molecule has 1 aromatic carbocycles. The molecule has 8 nitrogen and oxygen atoms in total. The lowest BCUT2D eigenvalue weighted by atomic mass is 9.41. The van der Waals surface area contributed by atoms with Gasteiger partial charge in [-0.15, -0.1) is 0 Å². The third-order valence-electron chi connectivity index (χ3n) is 5.74. The lowest BCUT2D eigenvalue weighted by molar-refractivity contribution is -0.126. The second-order valence-corrected chi connectivity index (χ2v) is 9.91. The maximum absolute atomic E-state index is 12.9. The van der Waals surface area contributed by atoms with E-state index >= 15 is 0 Å². The number of nitrogens with zero attached hydrogens (tertiary/aromatic N) is 4. The monoisotopic (exact) mass is 384 g/mol. The van der Waals surface area contributed by atoms with Crippen LogP contribution in [-0.2, 0) is 10.0 Å². The summed E-state index contributed by atoms with van der Waals surface area (Å²) < 4.78 is 30.3. The van der Waals surface area contributed by atoms with Crippen LogP contribution in [0.25, 0.3) is 17.0 Å². The molecule has 0 atom stereocenters. The summed E-state index contributed by atoms with van der Waals surface area (Å²) in [4.78, 5) is 12.7. The predicted molar refractivity (Wildman–Crippen MR) is 100 cm³/mol. The first-order valence-electron chi connectivity index (χ1n) is 8.79. The largest absolute Gasteiger partial charge is 0.369 e. The number of imidazole rings is 1. The molecule has 6 rings (SSSR count). The molecule has 3 fully saturated rings. The number of aryl methyl sites for hydroxylation is 1. The Balaban J connectivity index is 1.53. The molecule has 3 aliphatic carbocycles. The van der Waals surface area contributed by atoms with Crippen LogP contribution in [0.5, 0.6) is 0 Å². The Hall–Kier alpha value is -2.52. The summed E-state index contributed by atoms with van der Waals surface area (Å²) in [6.45, 7) is 4.12. The van der Waals surface area contributed by atoms with Crippen LogP contribution in [0, 0.1) is 12.3 Å². The lowest BCUT2D eigenvalue weighted by Crippen LogP contribution is -2.73. The number of aromatic nitrogens is 4. The van der Waals surface area contributed by atoms with Crippen molar-refractivity contribution in [2.75, 3.05) is 5.73 Å². The van der Waals surface area contributed by atoms with Gasteiger partial charge in [-0.05, 0) is 49.3 Å². The second kappa shape index (κ2) is 5.05. The van der Waals surface area contributed by atoms with E-state index in [9.17, 15) is 8.42 Å². The highest BCUT2D eigenvalue weighted by Gasteiger charge is 2.66. The lowest BCUT2D eigenvalue weighted by Gasteiger charge is -2.69.